The average Bonchev–Trinajstić information content (AvgIpc) is 2.35. The number of hydrogen-bond donors (Lipinski definition) is 3. The highest BCUT2D eigenvalue weighted by Gasteiger charge is 2.39. The molecule has 0 saturated heterocycles. The SMILES string of the molecule is Cc1ccccc1NC(=O)NCC1(CC(=O)O)CCC1. The van der Waals surface area contributed by atoms with E-state index in [-0.39, 0.29) is 17.9 Å². The molecular weight excluding hydrogens is 256 g/mol. The highest BCUT2D eigenvalue weighted by atomic mass is 16.4. The van der Waals surface area contributed by atoms with Crippen LogP contribution in [-0.4, -0.2) is 23.7 Å². The fraction of sp³-hybridized carbons (Fsp3) is 0.467. The second-order valence-corrected chi connectivity index (χ2v) is 5.55. The Morgan fingerprint density at radius 3 is 2.55 bits per heavy atom. The van der Waals surface area contributed by atoms with Crippen LogP contribution in [0, 0.1) is 12.3 Å². The molecule has 0 aromatic heterocycles. The molecule has 2 rings (SSSR count). The molecule has 0 heterocycles. The van der Waals surface area contributed by atoms with Crippen molar-refractivity contribution < 1.29 is 14.7 Å². The maximum absolute atomic E-state index is 11.9. The van der Waals surface area contributed by atoms with Crippen molar-refractivity contribution in [3.8, 4) is 0 Å². The van der Waals surface area contributed by atoms with Gasteiger partial charge in [0.1, 0.15) is 0 Å². The fourth-order valence-corrected chi connectivity index (χ4v) is 2.56. The number of amides is 2. The van der Waals surface area contributed by atoms with Gasteiger partial charge in [-0.25, -0.2) is 4.79 Å². The van der Waals surface area contributed by atoms with E-state index in [0.29, 0.717) is 6.54 Å². The quantitative estimate of drug-likeness (QED) is 0.773. The topological polar surface area (TPSA) is 78.4 Å². The van der Waals surface area contributed by atoms with Crippen LogP contribution in [0.25, 0.3) is 0 Å². The van der Waals surface area contributed by atoms with E-state index in [2.05, 4.69) is 10.6 Å². The van der Waals surface area contributed by atoms with Crippen LogP contribution in [0.5, 0.6) is 0 Å². The summed E-state index contributed by atoms with van der Waals surface area (Å²) in [7, 11) is 0. The lowest BCUT2D eigenvalue weighted by atomic mass is 9.66. The van der Waals surface area contributed by atoms with Crippen LogP contribution in [0.2, 0.25) is 0 Å². The Hall–Kier alpha value is -2.04. The Morgan fingerprint density at radius 2 is 2.00 bits per heavy atom. The number of carbonyl (C=O) groups excluding carboxylic acids is 1. The van der Waals surface area contributed by atoms with Gasteiger partial charge in [0, 0.05) is 12.2 Å². The standard InChI is InChI=1S/C15H20N2O3/c1-11-5-2-3-6-12(11)17-14(20)16-10-15(7-4-8-15)9-13(18)19/h2-3,5-6H,4,7-10H2,1H3,(H,18,19)(H2,16,17,20). The third kappa shape index (κ3) is 3.50. The van der Waals surface area contributed by atoms with E-state index in [0.717, 1.165) is 30.5 Å². The minimum atomic E-state index is -0.800. The van der Waals surface area contributed by atoms with Crippen molar-refractivity contribution in [2.24, 2.45) is 5.41 Å². The number of nitrogens with one attached hydrogen (secondary N) is 2. The summed E-state index contributed by atoms with van der Waals surface area (Å²) in [6.45, 7) is 2.34. The second-order valence-electron chi connectivity index (χ2n) is 5.55. The van der Waals surface area contributed by atoms with Crippen LogP contribution in [0.15, 0.2) is 24.3 Å². The highest BCUT2D eigenvalue weighted by molar-refractivity contribution is 5.90. The summed E-state index contributed by atoms with van der Waals surface area (Å²) in [5.41, 5.74) is 1.51. The van der Waals surface area contributed by atoms with Gasteiger partial charge in [-0.1, -0.05) is 24.6 Å². The lowest BCUT2D eigenvalue weighted by molar-refractivity contribution is -0.141. The van der Waals surface area contributed by atoms with E-state index < -0.39 is 5.97 Å². The molecule has 20 heavy (non-hydrogen) atoms. The zero-order valence-corrected chi connectivity index (χ0v) is 11.6. The summed E-state index contributed by atoms with van der Waals surface area (Å²) in [5, 5.41) is 14.5. The van der Waals surface area contributed by atoms with Crippen molar-refractivity contribution in [2.75, 3.05) is 11.9 Å². The first-order valence-corrected chi connectivity index (χ1v) is 6.83. The molecule has 0 aliphatic heterocycles. The number of hydrogen-bond acceptors (Lipinski definition) is 2. The van der Waals surface area contributed by atoms with Crippen molar-refractivity contribution in [3.05, 3.63) is 29.8 Å². The second kappa shape index (κ2) is 5.94. The van der Waals surface area contributed by atoms with Crippen molar-refractivity contribution in [1.82, 2.24) is 5.32 Å². The molecule has 5 heteroatoms. The molecule has 3 N–H and O–H groups in total. The molecule has 1 aliphatic rings. The van der Waals surface area contributed by atoms with Crippen LogP contribution in [0.1, 0.15) is 31.2 Å². The number of anilines is 1. The van der Waals surface area contributed by atoms with Crippen LogP contribution < -0.4 is 10.6 Å². The molecule has 0 bridgehead atoms. The van der Waals surface area contributed by atoms with Crippen LogP contribution in [-0.2, 0) is 4.79 Å². The predicted molar refractivity (Wildman–Crippen MR) is 76.7 cm³/mol. The third-order valence-corrected chi connectivity index (χ3v) is 3.96. The smallest absolute Gasteiger partial charge is 0.319 e. The Bertz CT molecular complexity index is 510. The average molecular weight is 276 g/mol. The number of para-hydroxylation sites is 1. The number of aryl methyl sites for hydroxylation is 1. The highest BCUT2D eigenvalue weighted by Crippen LogP contribution is 2.43. The van der Waals surface area contributed by atoms with Gasteiger partial charge in [0.15, 0.2) is 0 Å². The first kappa shape index (κ1) is 14.4. The van der Waals surface area contributed by atoms with Crippen molar-refractivity contribution >= 4 is 17.7 Å². The van der Waals surface area contributed by atoms with Gasteiger partial charge in [0.05, 0.1) is 6.42 Å². The van der Waals surface area contributed by atoms with Gasteiger partial charge < -0.3 is 15.7 Å². The largest absolute Gasteiger partial charge is 0.481 e. The Balaban J connectivity index is 1.86. The van der Waals surface area contributed by atoms with Crippen LogP contribution >= 0.6 is 0 Å². The van der Waals surface area contributed by atoms with Gasteiger partial charge in [-0.05, 0) is 36.8 Å². The van der Waals surface area contributed by atoms with Crippen molar-refractivity contribution in [1.29, 1.82) is 0 Å². The lowest BCUT2D eigenvalue weighted by Gasteiger charge is -2.40. The number of benzene rings is 1. The molecule has 5 nitrogen and oxygen atoms in total. The predicted octanol–water partition coefficient (Wildman–Crippen LogP) is 2.76. The van der Waals surface area contributed by atoms with Gasteiger partial charge in [0.25, 0.3) is 0 Å². The molecule has 1 aromatic rings. The summed E-state index contributed by atoms with van der Waals surface area (Å²) in [4.78, 5) is 22.7. The van der Waals surface area contributed by atoms with E-state index in [1.165, 1.54) is 0 Å². The molecule has 108 valence electrons. The molecule has 1 aromatic carbocycles. The molecule has 2 amide bonds. The first-order valence-electron chi connectivity index (χ1n) is 6.83. The van der Waals surface area contributed by atoms with E-state index in [4.69, 9.17) is 5.11 Å². The van der Waals surface area contributed by atoms with Crippen LogP contribution in [0.3, 0.4) is 0 Å². The molecule has 1 fully saturated rings. The molecule has 0 spiro atoms. The summed E-state index contributed by atoms with van der Waals surface area (Å²) >= 11 is 0. The number of urea groups is 1. The minimum Gasteiger partial charge on any atom is -0.481 e. The number of carboxylic acids is 1. The molecule has 0 atom stereocenters. The van der Waals surface area contributed by atoms with Crippen molar-refractivity contribution in [2.45, 2.75) is 32.6 Å². The molecule has 0 radical (unpaired) electrons. The van der Waals surface area contributed by atoms with Gasteiger partial charge in [-0.3, -0.25) is 4.79 Å². The Kier molecular flexibility index (Phi) is 4.27. The number of carboxylic acid groups (broad SMARTS) is 1. The zero-order chi connectivity index (χ0) is 14.6. The lowest BCUT2D eigenvalue weighted by Crippen LogP contribution is -2.44. The molecule has 1 saturated carbocycles. The molecular formula is C15H20N2O3. The van der Waals surface area contributed by atoms with Crippen LogP contribution in [0.4, 0.5) is 10.5 Å². The zero-order valence-electron chi connectivity index (χ0n) is 11.6. The number of rotatable bonds is 5. The van der Waals surface area contributed by atoms with E-state index >= 15 is 0 Å². The number of aliphatic carboxylic acids is 1. The fourth-order valence-electron chi connectivity index (χ4n) is 2.56. The maximum Gasteiger partial charge on any atom is 0.319 e. The normalized spacial score (nSPS) is 16.1. The Morgan fingerprint density at radius 1 is 1.30 bits per heavy atom. The summed E-state index contributed by atoms with van der Waals surface area (Å²) < 4.78 is 0. The summed E-state index contributed by atoms with van der Waals surface area (Å²) in [5.74, 6) is -0.800. The van der Waals surface area contributed by atoms with E-state index in [1.807, 2.05) is 31.2 Å². The van der Waals surface area contributed by atoms with E-state index in [9.17, 15) is 9.59 Å². The third-order valence-electron chi connectivity index (χ3n) is 3.96. The minimum absolute atomic E-state index is 0.123. The van der Waals surface area contributed by atoms with Crippen molar-refractivity contribution in [3.63, 3.8) is 0 Å². The Labute approximate surface area is 118 Å². The van der Waals surface area contributed by atoms with Gasteiger partial charge >= 0.3 is 12.0 Å². The van der Waals surface area contributed by atoms with E-state index in [1.54, 1.807) is 0 Å². The van der Waals surface area contributed by atoms with Gasteiger partial charge in [0.2, 0.25) is 0 Å². The molecule has 1 aliphatic carbocycles. The molecule has 0 unspecified atom stereocenters. The summed E-state index contributed by atoms with van der Waals surface area (Å²) in [6, 6.07) is 7.25. The maximum atomic E-state index is 11.9. The monoisotopic (exact) mass is 276 g/mol. The van der Waals surface area contributed by atoms with Gasteiger partial charge in [-0.15, -0.1) is 0 Å². The first-order chi connectivity index (χ1) is 9.51. The summed E-state index contributed by atoms with van der Waals surface area (Å²) in [6.07, 6.45) is 2.89. The van der Waals surface area contributed by atoms with Gasteiger partial charge in [-0.2, -0.15) is 0 Å². The number of carbonyl (C=O) groups is 2.